The van der Waals surface area contributed by atoms with Crippen molar-refractivity contribution in [2.75, 3.05) is 5.73 Å². The Morgan fingerprint density at radius 1 is 1.40 bits per heavy atom. The van der Waals surface area contributed by atoms with Crippen molar-refractivity contribution in [1.82, 2.24) is 10.2 Å². The van der Waals surface area contributed by atoms with Crippen LogP contribution in [0.3, 0.4) is 0 Å². The van der Waals surface area contributed by atoms with Gasteiger partial charge in [0.2, 0.25) is 0 Å². The zero-order valence-electron chi connectivity index (χ0n) is 8.42. The molecular weight excluding hydrogens is 254 g/mol. The van der Waals surface area contributed by atoms with Crippen LogP contribution in [0.4, 0.5) is 5.82 Å². The van der Waals surface area contributed by atoms with E-state index in [9.17, 15) is 0 Å². The molecule has 3 nitrogen and oxygen atoms in total. The van der Waals surface area contributed by atoms with Gasteiger partial charge >= 0.3 is 0 Å². The van der Waals surface area contributed by atoms with Crippen LogP contribution in [0, 0.1) is 0 Å². The van der Waals surface area contributed by atoms with Crippen molar-refractivity contribution in [2.45, 2.75) is 13.3 Å². The van der Waals surface area contributed by atoms with E-state index in [1.54, 1.807) is 6.20 Å². The molecule has 0 bridgehead atoms. The molecular formula is C11H12BrN3. The topological polar surface area (TPSA) is 54.7 Å². The molecule has 3 N–H and O–H groups in total. The molecule has 0 atom stereocenters. The first-order valence-corrected chi connectivity index (χ1v) is 5.59. The van der Waals surface area contributed by atoms with E-state index < -0.39 is 0 Å². The van der Waals surface area contributed by atoms with Crippen LogP contribution in [0.2, 0.25) is 0 Å². The van der Waals surface area contributed by atoms with Crippen LogP contribution in [0.25, 0.3) is 11.1 Å². The van der Waals surface area contributed by atoms with Crippen molar-refractivity contribution < 1.29 is 0 Å². The molecule has 0 spiro atoms. The molecule has 0 aliphatic rings. The van der Waals surface area contributed by atoms with Gasteiger partial charge in [-0.1, -0.05) is 28.9 Å². The predicted molar refractivity (Wildman–Crippen MR) is 65.5 cm³/mol. The Balaban J connectivity index is 2.58. The average Bonchev–Trinajstić information content (AvgIpc) is 2.64. The molecule has 0 saturated heterocycles. The lowest BCUT2D eigenvalue weighted by molar-refractivity contribution is 1.10. The number of nitrogens with one attached hydrogen (secondary N) is 1. The highest BCUT2D eigenvalue weighted by molar-refractivity contribution is 9.10. The van der Waals surface area contributed by atoms with Gasteiger partial charge in [-0.15, -0.1) is 0 Å². The zero-order valence-corrected chi connectivity index (χ0v) is 10.0. The van der Waals surface area contributed by atoms with Crippen molar-refractivity contribution in [1.29, 1.82) is 0 Å². The number of anilines is 1. The third-order valence-corrected chi connectivity index (χ3v) is 2.90. The minimum atomic E-state index is 0.618. The first-order valence-electron chi connectivity index (χ1n) is 4.80. The number of benzene rings is 1. The highest BCUT2D eigenvalue weighted by atomic mass is 79.9. The number of aromatic nitrogens is 2. The lowest BCUT2D eigenvalue weighted by atomic mass is 10.0. The Morgan fingerprint density at radius 2 is 2.20 bits per heavy atom. The average molecular weight is 266 g/mol. The van der Waals surface area contributed by atoms with Crippen molar-refractivity contribution in [2.24, 2.45) is 0 Å². The second-order valence-corrected chi connectivity index (χ2v) is 4.27. The first kappa shape index (κ1) is 10.2. The van der Waals surface area contributed by atoms with Crippen LogP contribution in [-0.2, 0) is 6.42 Å². The molecule has 1 heterocycles. The first-order chi connectivity index (χ1) is 7.22. The summed E-state index contributed by atoms with van der Waals surface area (Å²) in [5.74, 6) is 0.618. The van der Waals surface area contributed by atoms with Crippen LogP contribution in [-0.4, -0.2) is 10.2 Å². The number of aromatic amines is 1. The smallest absolute Gasteiger partial charge is 0.126 e. The molecule has 1 aromatic heterocycles. The number of rotatable bonds is 2. The number of nitrogen functional groups attached to an aromatic ring is 1. The van der Waals surface area contributed by atoms with Gasteiger partial charge < -0.3 is 5.73 Å². The van der Waals surface area contributed by atoms with Gasteiger partial charge in [0.05, 0.1) is 6.20 Å². The van der Waals surface area contributed by atoms with Gasteiger partial charge in [-0.2, -0.15) is 5.10 Å². The summed E-state index contributed by atoms with van der Waals surface area (Å²) in [7, 11) is 0. The fourth-order valence-electron chi connectivity index (χ4n) is 1.63. The number of H-pyrrole nitrogens is 1. The van der Waals surface area contributed by atoms with Gasteiger partial charge in [-0.3, -0.25) is 5.10 Å². The summed E-state index contributed by atoms with van der Waals surface area (Å²) in [6, 6.07) is 6.19. The number of nitrogens with zero attached hydrogens (tertiary/aromatic N) is 1. The highest BCUT2D eigenvalue weighted by Crippen LogP contribution is 2.29. The maximum absolute atomic E-state index is 5.80. The third kappa shape index (κ3) is 1.90. The minimum Gasteiger partial charge on any atom is -0.384 e. The standard InChI is InChI=1S/C11H12BrN3/c1-2-7-5-8(12)3-4-9(7)10-6-14-15-11(10)13/h3-6H,2H2,1H3,(H3,13,14,15). The van der Waals surface area contributed by atoms with Gasteiger partial charge in [-0.05, 0) is 29.7 Å². The second kappa shape index (κ2) is 4.06. The summed E-state index contributed by atoms with van der Waals surface area (Å²) < 4.78 is 1.09. The van der Waals surface area contributed by atoms with Gasteiger partial charge in [0.1, 0.15) is 5.82 Å². The summed E-state index contributed by atoms with van der Waals surface area (Å²) in [6.45, 7) is 2.13. The van der Waals surface area contributed by atoms with E-state index in [1.807, 2.05) is 6.07 Å². The molecule has 1 aromatic carbocycles. The predicted octanol–water partition coefficient (Wildman–Crippen LogP) is 2.98. The van der Waals surface area contributed by atoms with E-state index in [0.29, 0.717) is 5.82 Å². The van der Waals surface area contributed by atoms with Crippen molar-refractivity contribution in [3.63, 3.8) is 0 Å². The monoisotopic (exact) mass is 265 g/mol. The molecule has 0 fully saturated rings. The Bertz CT molecular complexity index is 476. The third-order valence-electron chi connectivity index (χ3n) is 2.41. The number of halogens is 1. The Labute approximate surface area is 96.8 Å². The van der Waals surface area contributed by atoms with Crippen LogP contribution in [0.5, 0.6) is 0 Å². The molecule has 2 aromatic rings. The van der Waals surface area contributed by atoms with E-state index in [4.69, 9.17) is 5.73 Å². The van der Waals surface area contributed by atoms with E-state index in [2.05, 4.69) is 45.2 Å². The number of aryl methyl sites for hydroxylation is 1. The Hall–Kier alpha value is -1.29. The summed E-state index contributed by atoms with van der Waals surface area (Å²) >= 11 is 3.46. The van der Waals surface area contributed by atoms with Gasteiger partial charge in [0, 0.05) is 10.0 Å². The van der Waals surface area contributed by atoms with Crippen molar-refractivity contribution in [3.05, 3.63) is 34.4 Å². The molecule has 4 heteroatoms. The van der Waals surface area contributed by atoms with Crippen LogP contribution in [0.15, 0.2) is 28.9 Å². The lowest BCUT2D eigenvalue weighted by Gasteiger charge is -2.07. The lowest BCUT2D eigenvalue weighted by Crippen LogP contribution is -1.91. The zero-order chi connectivity index (χ0) is 10.8. The summed E-state index contributed by atoms with van der Waals surface area (Å²) in [5, 5.41) is 6.68. The van der Waals surface area contributed by atoms with E-state index in [0.717, 1.165) is 22.0 Å². The molecule has 2 rings (SSSR count). The summed E-state index contributed by atoms with van der Waals surface area (Å²) in [4.78, 5) is 0. The van der Waals surface area contributed by atoms with E-state index >= 15 is 0 Å². The summed E-state index contributed by atoms with van der Waals surface area (Å²) in [6.07, 6.45) is 2.73. The number of hydrogen-bond donors (Lipinski definition) is 2. The Morgan fingerprint density at radius 3 is 2.80 bits per heavy atom. The largest absolute Gasteiger partial charge is 0.384 e. The normalized spacial score (nSPS) is 10.5. The fourth-order valence-corrected chi connectivity index (χ4v) is 2.04. The molecule has 0 aliphatic heterocycles. The van der Waals surface area contributed by atoms with Gasteiger partial charge in [-0.25, -0.2) is 0 Å². The Kier molecular flexibility index (Phi) is 2.77. The fraction of sp³-hybridized carbons (Fsp3) is 0.182. The maximum Gasteiger partial charge on any atom is 0.126 e. The molecule has 0 saturated carbocycles. The molecule has 0 amide bonds. The van der Waals surface area contributed by atoms with Gasteiger partial charge in [0.25, 0.3) is 0 Å². The van der Waals surface area contributed by atoms with Crippen LogP contribution < -0.4 is 5.73 Å². The molecule has 78 valence electrons. The SMILES string of the molecule is CCc1cc(Br)ccc1-c1cn[nH]c1N. The van der Waals surface area contributed by atoms with Crippen LogP contribution in [0.1, 0.15) is 12.5 Å². The minimum absolute atomic E-state index is 0.618. The second-order valence-electron chi connectivity index (χ2n) is 3.35. The van der Waals surface area contributed by atoms with E-state index in [-0.39, 0.29) is 0 Å². The number of nitrogens with two attached hydrogens (primary N) is 1. The highest BCUT2D eigenvalue weighted by Gasteiger charge is 2.08. The quantitative estimate of drug-likeness (QED) is 0.877. The molecule has 0 radical (unpaired) electrons. The van der Waals surface area contributed by atoms with Gasteiger partial charge in [0.15, 0.2) is 0 Å². The molecule has 15 heavy (non-hydrogen) atoms. The summed E-state index contributed by atoms with van der Waals surface area (Å²) in [5.41, 5.74) is 9.18. The molecule has 0 aliphatic carbocycles. The van der Waals surface area contributed by atoms with Crippen LogP contribution >= 0.6 is 15.9 Å². The number of hydrogen-bond acceptors (Lipinski definition) is 2. The van der Waals surface area contributed by atoms with Crippen molar-refractivity contribution >= 4 is 21.7 Å². The maximum atomic E-state index is 5.80. The van der Waals surface area contributed by atoms with Crippen molar-refractivity contribution in [3.8, 4) is 11.1 Å². The van der Waals surface area contributed by atoms with E-state index in [1.165, 1.54) is 5.56 Å². The molecule has 0 unspecified atom stereocenters.